The fourth-order valence-electron chi connectivity index (χ4n) is 2.16. The molecule has 2 rings (SSSR count). The van der Waals surface area contributed by atoms with Crippen molar-refractivity contribution in [2.75, 3.05) is 0 Å². The maximum absolute atomic E-state index is 13.5. The van der Waals surface area contributed by atoms with Crippen LogP contribution in [-0.2, 0) is 10.0 Å². The summed E-state index contributed by atoms with van der Waals surface area (Å²) in [6.07, 6.45) is 1.55. The molecule has 0 bridgehead atoms. The van der Waals surface area contributed by atoms with Gasteiger partial charge in [0.25, 0.3) is 0 Å². The van der Waals surface area contributed by atoms with Gasteiger partial charge in [0.1, 0.15) is 16.5 Å². The Morgan fingerprint density at radius 1 is 1.16 bits per heavy atom. The summed E-state index contributed by atoms with van der Waals surface area (Å²) < 4.78 is 52.8. The second kappa shape index (κ2) is 5.52. The van der Waals surface area contributed by atoms with E-state index in [1.807, 2.05) is 0 Å². The van der Waals surface area contributed by atoms with E-state index >= 15 is 0 Å². The van der Waals surface area contributed by atoms with Gasteiger partial charge in [-0.3, -0.25) is 0 Å². The highest BCUT2D eigenvalue weighted by Gasteiger charge is 2.26. The molecule has 0 spiro atoms. The van der Waals surface area contributed by atoms with E-state index in [0.717, 1.165) is 12.1 Å². The molecule has 0 unspecified atom stereocenters. The third-order valence-corrected chi connectivity index (χ3v) is 4.74. The number of hydrogen-bond donors (Lipinski definition) is 2. The van der Waals surface area contributed by atoms with E-state index in [9.17, 15) is 22.3 Å². The molecule has 2 N–H and O–H groups in total. The first-order valence-electron chi connectivity index (χ1n) is 6.04. The van der Waals surface area contributed by atoms with Gasteiger partial charge in [-0.15, -0.1) is 0 Å². The molecule has 0 aliphatic heterocycles. The van der Waals surface area contributed by atoms with E-state index in [1.165, 1.54) is 0 Å². The Kier molecular flexibility index (Phi) is 4.17. The van der Waals surface area contributed by atoms with Gasteiger partial charge in [0, 0.05) is 6.04 Å². The maximum Gasteiger partial charge on any atom is 0.243 e. The number of hydrogen-bond acceptors (Lipinski definition) is 3. The molecule has 1 aliphatic rings. The van der Waals surface area contributed by atoms with Gasteiger partial charge in [0.2, 0.25) is 10.0 Å². The quantitative estimate of drug-likeness (QED) is 0.888. The highest BCUT2D eigenvalue weighted by atomic mass is 32.2. The summed E-state index contributed by atoms with van der Waals surface area (Å²) in [5.74, 6) is -1.79. The van der Waals surface area contributed by atoms with Crippen LogP contribution in [0.2, 0.25) is 0 Å². The van der Waals surface area contributed by atoms with E-state index in [-0.39, 0.29) is 6.04 Å². The van der Waals surface area contributed by atoms with Crippen molar-refractivity contribution in [3.63, 3.8) is 0 Å². The molecule has 0 heterocycles. The monoisotopic (exact) mass is 291 g/mol. The van der Waals surface area contributed by atoms with Crippen LogP contribution in [0.25, 0.3) is 0 Å². The summed E-state index contributed by atoms with van der Waals surface area (Å²) >= 11 is 0. The lowest BCUT2D eigenvalue weighted by Gasteiger charge is -2.26. The standard InChI is InChI=1S/C12H15F2NO3S/c13-8-1-6-11(14)12(7-8)19(17,18)15-9-2-4-10(16)5-3-9/h1,6-7,9-10,15-16H,2-5H2. The number of benzene rings is 1. The molecular formula is C12H15F2NO3S. The first-order valence-corrected chi connectivity index (χ1v) is 7.52. The molecule has 7 heteroatoms. The van der Waals surface area contributed by atoms with Crippen LogP contribution in [0.4, 0.5) is 8.78 Å². The predicted octanol–water partition coefficient (Wildman–Crippen LogP) is 1.55. The minimum Gasteiger partial charge on any atom is -0.393 e. The summed E-state index contributed by atoms with van der Waals surface area (Å²) in [5, 5.41) is 9.34. The number of nitrogens with one attached hydrogen (secondary N) is 1. The van der Waals surface area contributed by atoms with Crippen LogP contribution in [0.3, 0.4) is 0 Å². The van der Waals surface area contributed by atoms with Gasteiger partial charge in [-0.2, -0.15) is 0 Å². The van der Waals surface area contributed by atoms with Crippen LogP contribution >= 0.6 is 0 Å². The van der Waals surface area contributed by atoms with Crippen molar-refractivity contribution in [3.8, 4) is 0 Å². The van der Waals surface area contributed by atoms with Crippen molar-refractivity contribution in [1.29, 1.82) is 0 Å². The lowest BCUT2D eigenvalue weighted by Crippen LogP contribution is -2.38. The molecule has 1 fully saturated rings. The maximum atomic E-state index is 13.5. The molecule has 0 aromatic heterocycles. The number of aliphatic hydroxyl groups is 1. The van der Waals surface area contributed by atoms with Crippen molar-refractivity contribution < 1.29 is 22.3 Å². The van der Waals surface area contributed by atoms with Gasteiger partial charge >= 0.3 is 0 Å². The summed E-state index contributed by atoms with van der Waals surface area (Å²) in [7, 11) is -4.08. The highest BCUT2D eigenvalue weighted by Crippen LogP contribution is 2.22. The average molecular weight is 291 g/mol. The van der Waals surface area contributed by atoms with Crippen LogP contribution in [-0.4, -0.2) is 25.7 Å². The Balaban J connectivity index is 2.16. The second-order valence-corrected chi connectivity index (χ2v) is 6.38. The summed E-state index contributed by atoms with van der Waals surface area (Å²) in [5.41, 5.74) is 0. The van der Waals surface area contributed by atoms with Gasteiger partial charge in [-0.1, -0.05) is 0 Å². The first-order chi connectivity index (χ1) is 8.88. The number of rotatable bonds is 3. The largest absolute Gasteiger partial charge is 0.393 e. The Labute approximate surface area is 110 Å². The second-order valence-electron chi connectivity index (χ2n) is 4.70. The van der Waals surface area contributed by atoms with E-state index in [4.69, 9.17) is 0 Å². The molecular weight excluding hydrogens is 276 g/mol. The van der Waals surface area contributed by atoms with Crippen LogP contribution in [0, 0.1) is 11.6 Å². The molecule has 4 nitrogen and oxygen atoms in total. The SMILES string of the molecule is O=S(=O)(NC1CCC(O)CC1)c1cc(F)ccc1F. The Morgan fingerprint density at radius 2 is 1.79 bits per heavy atom. The van der Waals surface area contributed by atoms with E-state index < -0.39 is 32.7 Å². The van der Waals surface area contributed by atoms with Crippen molar-refractivity contribution in [2.24, 2.45) is 0 Å². The number of sulfonamides is 1. The van der Waals surface area contributed by atoms with Crippen molar-refractivity contribution >= 4 is 10.0 Å². The third kappa shape index (κ3) is 3.49. The van der Waals surface area contributed by atoms with Gasteiger partial charge in [0.15, 0.2) is 0 Å². The molecule has 0 atom stereocenters. The van der Waals surface area contributed by atoms with Gasteiger partial charge in [-0.05, 0) is 43.9 Å². The zero-order valence-electron chi connectivity index (χ0n) is 10.1. The van der Waals surface area contributed by atoms with Gasteiger partial charge < -0.3 is 5.11 Å². The van der Waals surface area contributed by atoms with Crippen molar-refractivity contribution in [1.82, 2.24) is 4.72 Å². The summed E-state index contributed by atoms with van der Waals surface area (Å²) in [6, 6.07) is 1.96. The van der Waals surface area contributed by atoms with Gasteiger partial charge in [-0.25, -0.2) is 21.9 Å². The third-order valence-electron chi connectivity index (χ3n) is 3.20. The van der Waals surface area contributed by atoms with Crippen molar-refractivity contribution in [3.05, 3.63) is 29.8 Å². The average Bonchev–Trinajstić information content (AvgIpc) is 2.35. The number of halogens is 2. The zero-order valence-corrected chi connectivity index (χ0v) is 11.0. The molecule has 19 heavy (non-hydrogen) atoms. The minimum atomic E-state index is -4.08. The Hall–Kier alpha value is -1.05. The Morgan fingerprint density at radius 3 is 2.42 bits per heavy atom. The van der Waals surface area contributed by atoms with Crippen LogP contribution in [0.5, 0.6) is 0 Å². The van der Waals surface area contributed by atoms with E-state index in [2.05, 4.69) is 4.72 Å². The van der Waals surface area contributed by atoms with Crippen LogP contribution in [0.1, 0.15) is 25.7 Å². The smallest absolute Gasteiger partial charge is 0.243 e. The predicted molar refractivity (Wildman–Crippen MR) is 64.9 cm³/mol. The van der Waals surface area contributed by atoms with Crippen LogP contribution < -0.4 is 4.72 Å². The molecule has 1 aliphatic carbocycles. The fourth-order valence-corrected chi connectivity index (χ4v) is 3.55. The molecule has 0 radical (unpaired) electrons. The Bertz CT molecular complexity index is 554. The van der Waals surface area contributed by atoms with Crippen LogP contribution in [0.15, 0.2) is 23.1 Å². The van der Waals surface area contributed by atoms with Crippen molar-refractivity contribution in [2.45, 2.75) is 42.7 Å². The minimum absolute atomic E-state index is 0.351. The normalized spacial score (nSPS) is 24.4. The first kappa shape index (κ1) is 14.4. The highest BCUT2D eigenvalue weighted by molar-refractivity contribution is 7.89. The molecule has 1 saturated carbocycles. The zero-order chi connectivity index (χ0) is 14.0. The molecule has 0 amide bonds. The topological polar surface area (TPSA) is 66.4 Å². The molecule has 1 aromatic rings. The number of aliphatic hydroxyl groups excluding tert-OH is 1. The lowest BCUT2D eigenvalue weighted by molar-refractivity contribution is 0.120. The molecule has 0 saturated heterocycles. The van der Waals surface area contributed by atoms with E-state index in [1.54, 1.807) is 0 Å². The van der Waals surface area contributed by atoms with E-state index in [0.29, 0.717) is 31.7 Å². The summed E-state index contributed by atoms with van der Waals surface area (Å²) in [4.78, 5) is -0.682. The summed E-state index contributed by atoms with van der Waals surface area (Å²) in [6.45, 7) is 0. The van der Waals surface area contributed by atoms with Gasteiger partial charge in [0.05, 0.1) is 6.10 Å². The lowest BCUT2D eigenvalue weighted by atomic mass is 9.94. The molecule has 1 aromatic carbocycles. The fraction of sp³-hybridized carbons (Fsp3) is 0.500. The molecule has 106 valence electrons.